The minimum atomic E-state index is -0.654. The van der Waals surface area contributed by atoms with Gasteiger partial charge >= 0.3 is 0 Å². The zero-order chi connectivity index (χ0) is 21.5. The molecule has 0 spiro atoms. The normalized spacial score (nSPS) is 14.7. The van der Waals surface area contributed by atoms with E-state index in [0.29, 0.717) is 30.4 Å². The Bertz CT molecular complexity index is 893. The number of para-hydroxylation sites is 1. The molecule has 30 heavy (non-hydrogen) atoms. The second kappa shape index (κ2) is 10.2. The lowest BCUT2D eigenvalue weighted by molar-refractivity contribution is -0.127. The average molecular weight is 428 g/mol. The maximum atomic E-state index is 12.3. The summed E-state index contributed by atoms with van der Waals surface area (Å²) in [5.74, 6) is 0.261. The van der Waals surface area contributed by atoms with Crippen LogP contribution in [0.5, 0.6) is 5.75 Å². The van der Waals surface area contributed by atoms with Gasteiger partial charge in [0.05, 0.1) is 5.02 Å². The number of nitrogens with zero attached hydrogens (tertiary/aromatic N) is 2. The molecule has 1 aliphatic heterocycles. The first-order chi connectivity index (χ1) is 14.5. The number of piperazine rings is 1. The van der Waals surface area contributed by atoms with E-state index in [1.165, 1.54) is 6.08 Å². The highest BCUT2D eigenvalue weighted by atomic mass is 35.5. The number of amides is 2. The number of nitrogens with one attached hydrogen (secondary N) is 1. The molecule has 0 radical (unpaired) electrons. The van der Waals surface area contributed by atoms with Crippen LogP contribution < -0.4 is 15.0 Å². The van der Waals surface area contributed by atoms with Crippen LogP contribution >= 0.6 is 11.6 Å². The highest BCUT2D eigenvalue weighted by Gasteiger charge is 2.20. The molecule has 7 heteroatoms. The molecule has 1 atom stereocenters. The van der Waals surface area contributed by atoms with Gasteiger partial charge in [-0.3, -0.25) is 9.59 Å². The first kappa shape index (κ1) is 21.7. The number of rotatable bonds is 7. The predicted molar refractivity (Wildman–Crippen MR) is 119 cm³/mol. The van der Waals surface area contributed by atoms with Gasteiger partial charge in [-0.2, -0.15) is 0 Å². The van der Waals surface area contributed by atoms with Crippen molar-refractivity contribution in [1.29, 1.82) is 0 Å². The number of carbonyl (C=O) groups excluding carboxylic acids is 2. The second-order valence-corrected chi connectivity index (χ2v) is 7.50. The zero-order valence-electron chi connectivity index (χ0n) is 17.0. The molecule has 3 rings (SSSR count). The van der Waals surface area contributed by atoms with E-state index < -0.39 is 6.10 Å². The van der Waals surface area contributed by atoms with Gasteiger partial charge in [-0.1, -0.05) is 42.4 Å². The van der Waals surface area contributed by atoms with Gasteiger partial charge in [-0.25, -0.2) is 0 Å². The van der Waals surface area contributed by atoms with Crippen molar-refractivity contribution in [3.63, 3.8) is 0 Å². The summed E-state index contributed by atoms with van der Waals surface area (Å²) in [5, 5.41) is 3.36. The Labute approximate surface area is 182 Å². The van der Waals surface area contributed by atoms with Crippen LogP contribution in [0.1, 0.15) is 12.5 Å². The Hall–Kier alpha value is -2.99. The van der Waals surface area contributed by atoms with E-state index in [1.807, 2.05) is 36.4 Å². The van der Waals surface area contributed by atoms with Crippen LogP contribution in [0.25, 0.3) is 0 Å². The number of halogens is 1. The summed E-state index contributed by atoms with van der Waals surface area (Å²) in [5.41, 5.74) is 2.10. The topological polar surface area (TPSA) is 61.9 Å². The van der Waals surface area contributed by atoms with Gasteiger partial charge in [0.15, 0.2) is 6.10 Å². The van der Waals surface area contributed by atoms with Crippen molar-refractivity contribution in [1.82, 2.24) is 10.2 Å². The van der Waals surface area contributed by atoms with Crippen molar-refractivity contribution >= 4 is 29.1 Å². The number of benzene rings is 2. The molecule has 1 N–H and O–H groups in total. The molecule has 0 aromatic heterocycles. The molecule has 0 bridgehead atoms. The van der Waals surface area contributed by atoms with Crippen LogP contribution in [0.15, 0.2) is 61.2 Å². The molecule has 2 aromatic rings. The van der Waals surface area contributed by atoms with Gasteiger partial charge in [0.1, 0.15) is 5.75 Å². The average Bonchev–Trinajstić information content (AvgIpc) is 2.79. The predicted octanol–water partition coefficient (Wildman–Crippen LogP) is 3.26. The monoisotopic (exact) mass is 427 g/mol. The first-order valence-electron chi connectivity index (χ1n) is 9.92. The maximum Gasteiger partial charge on any atom is 0.261 e. The van der Waals surface area contributed by atoms with Gasteiger partial charge in [0.2, 0.25) is 5.91 Å². The van der Waals surface area contributed by atoms with Crippen LogP contribution in [0, 0.1) is 0 Å². The van der Waals surface area contributed by atoms with Crippen LogP contribution in [0.4, 0.5) is 5.69 Å². The summed E-state index contributed by atoms with van der Waals surface area (Å²) >= 11 is 6.07. The fourth-order valence-corrected chi connectivity index (χ4v) is 3.44. The summed E-state index contributed by atoms with van der Waals surface area (Å²) in [7, 11) is 0. The van der Waals surface area contributed by atoms with Crippen LogP contribution in [-0.4, -0.2) is 49.0 Å². The molecule has 1 saturated heterocycles. The molecule has 2 aromatic carbocycles. The molecule has 1 unspecified atom stereocenters. The molecule has 2 amide bonds. The minimum absolute atomic E-state index is 0.0199. The van der Waals surface area contributed by atoms with E-state index >= 15 is 0 Å². The van der Waals surface area contributed by atoms with Crippen LogP contribution in [0.2, 0.25) is 5.02 Å². The second-order valence-electron chi connectivity index (χ2n) is 7.09. The van der Waals surface area contributed by atoms with Crippen LogP contribution in [0.3, 0.4) is 0 Å². The quantitative estimate of drug-likeness (QED) is 0.689. The van der Waals surface area contributed by atoms with Gasteiger partial charge < -0.3 is 19.9 Å². The van der Waals surface area contributed by atoms with Crippen molar-refractivity contribution in [2.24, 2.45) is 0 Å². The van der Waals surface area contributed by atoms with E-state index in [1.54, 1.807) is 24.0 Å². The van der Waals surface area contributed by atoms with Crippen molar-refractivity contribution < 1.29 is 14.3 Å². The third-order valence-electron chi connectivity index (χ3n) is 5.04. The van der Waals surface area contributed by atoms with E-state index in [-0.39, 0.29) is 11.8 Å². The van der Waals surface area contributed by atoms with E-state index in [2.05, 4.69) is 16.8 Å². The largest absolute Gasteiger partial charge is 0.479 e. The lowest BCUT2D eigenvalue weighted by Gasteiger charge is -2.35. The number of hydrogen-bond donors (Lipinski definition) is 1. The van der Waals surface area contributed by atoms with Crippen molar-refractivity contribution in [2.45, 2.75) is 19.6 Å². The molecule has 0 saturated carbocycles. The summed E-state index contributed by atoms with van der Waals surface area (Å²) in [6, 6.07) is 15.1. The summed E-state index contributed by atoms with van der Waals surface area (Å²) in [4.78, 5) is 28.1. The van der Waals surface area contributed by atoms with E-state index in [9.17, 15) is 9.59 Å². The molecular weight excluding hydrogens is 402 g/mol. The third kappa shape index (κ3) is 5.54. The SMILES string of the molecule is C=CC(=O)N1CCN(c2ccc(CNC(=O)C(C)Oc3ccccc3Cl)cc2)CC1. The van der Waals surface area contributed by atoms with Gasteiger partial charge in [0, 0.05) is 38.4 Å². The Morgan fingerprint density at radius 2 is 1.80 bits per heavy atom. The fraction of sp³-hybridized carbons (Fsp3) is 0.304. The Morgan fingerprint density at radius 3 is 2.43 bits per heavy atom. The minimum Gasteiger partial charge on any atom is -0.479 e. The molecule has 6 nitrogen and oxygen atoms in total. The Balaban J connectivity index is 1.47. The Kier molecular flexibility index (Phi) is 7.36. The van der Waals surface area contributed by atoms with Gasteiger partial charge in [0.25, 0.3) is 5.91 Å². The maximum absolute atomic E-state index is 12.3. The Morgan fingerprint density at radius 1 is 1.13 bits per heavy atom. The molecule has 1 fully saturated rings. The highest BCUT2D eigenvalue weighted by molar-refractivity contribution is 6.32. The molecular formula is C23H26ClN3O3. The lowest BCUT2D eigenvalue weighted by atomic mass is 10.1. The number of ether oxygens (including phenoxy) is 1. The third-order valence-corrected chi connectivity index (χ3v) is 5.36. The highest BCUT2D eigenvalue weighted by Crippen LogP contribution is 2.24. The molecule has 158 valence electrons. The van der Waals surface area contributed by atoms with Crippen molar-refractivity contribution in [3.8, 4) is 5.75 Å². The van der Waals surface area contributed by atoms with Crippen LogP contribution in [-0.2, 0) is 16.1 Å². The van der Waals surface area contributed by atoms with Crippen molar-refractivity contribution in [2.75, 3.05) is 31.1 Å². The summed E-state index contributed by atoms with van der Waals surface area (Å²) in [6.45, 7) is 8.59. The number of anilines is 1. The standard InChI is InChI=1S/C23H26ClN3O3/c1-3-22(28)27-14-12-26(13-15-27)19-10-8-18(9-11-19)16-25-23(29)17(2)30-21-7-5-4-6-20(21)24/h3-11,17H,1,12-16H2,2H3,(H,25,29). The zero-order valence-corrected chi connectivity index (χ0v) is 17.8. The lowest BCUT2D eigenvalue weighted by Crippen LogP contribution is -2.48. The van der Waals surface area contributed by atoms with Gasteiger partial charge in [-0.05, 0) is 42.8 Å². The molecule has 1 heterocycles. The van der Waals surface area contributed by atoms with E-state index in [0.717, 1.165) is 24.3 Å². The number of carbonyl (C=O) groups is 2. The van der Waals surface area contributed by atoms with E-state index in [4.69, 9.17) is 16.3 Å². The summed E-state index contributed by atoms with van der Waals surface area (Å²) in [6.07, 6.45) is 0.706. The smallest absolute Gasteiger partial charge is 0.261 e. The molecule has 0 aliphatic carbocycles. The van der Waals surface area contributed by atoms with Crippen molar-refractivity contribution in [3.05, 3.63) is 71.8 Å². The fourth-order valence-electron chi connectivity index (χ4n) is 3.26. The molecule has 1 aliphatic rings. The summed E-state index contributed by atoms with van der Waals surface area (Å²) < 4.78 is 5.64. The number of hydrogen-bond acceptors (Lipinski definition) is 4. The first-order valence-corrected chi connectivity index (χ1v) is 10.3. The van der Waals surface area contributed by atoms with Gasteiger partial charge in [-0.15, -0.1) is 0 Å².